The zero-order valence-electron chi connectivity index (χ0n) is 23.0. The lowest BCUT2D eigenvalue weighted by atomic mass is 10.0. The summed E-state index contributed by atoms with van der Waals surface area (Å²) in [6.07, 6.45) is 2.71. The number of nitriles is 1. The van der Waals surface area contributed by atoms with Gasteiger partial charge in [0.1, 0.15) is 17.6 Å². The fourth-order valence-corrected chi connectivity index (χ4v) is 3.15. The normalized spacial score (nSPS) is 13.2. The second kappa shape index (κ2) is 10.7. The van der Waals surface area contributed by atoms with E-state index in [0.29, 0.717) is 35.4 Å². The third-order valence-corrected chi connectivity index (χ3v) is 4.73. The van der Waals surface area contributed by atoms with E-state index < -0.39 is 23.7 Å². The van der Waals surface area contributed by atoms with Crippen molar-refractivity contribution in [1.82, 2.24) is 9.88 Å². The Kier molecular flexibility index (Phi) is 6.09. The molecular weight excluding hydrogens is 419 g/mol. The van der Waals surface area contributed by atoms with Gasteiger partial charge in [0.2, 0.25) is 0 Å². The van der Waals surface area contributed by atoms with E-state index >= 15 is 0 Å². The van der Waals surface area contributed by atoms with E-state index in [9.17, 15) is 14.4 Å². The van der Waals surface area contributed by atoms with Crippen molar-refractivity contribution in [2.75, 3.05) is 32.6 Å². The molecule has 0 bridgehead atoms. The van der Waals surface area contributed by atoms with Crippen molar-refractivity contribution in [3.63, 3.8) is 0 Å². The third kappa shape index (κ3) is 5.93. The third-order valence-electron chi connectivity index (χ3n) is 4.73. The van der Waals surface area contributed by atoms with Gasteiger partial charge in [0.15, 0.2) is 5.78 Å². The summed E-state index contributed by atoms with van der Waals surface area (Å²) in [4.78, 5) is 18.9. The summed E-state index contributed by atoms with van der Waals surface area (Å²) in [5, 5.41) is 13.0. The molecule has 0 unspecified atom stereocenters. The first-order valence-electron chi connectivity index (χ1n) is 12.4. The lowest BCUT2D eigenvalue weighted by molar-refractivity contribution is -0.114. The molecule has 1 N–H and O–H groups in total. The van der Waals surface area contributed by atoms with Crippen molar-refractivity contribution in [2.24, 2.45) is 0 Å². The topological polar surface area (TPSA) is 78.3 Å². The molecule has 0 spiro atoms. The van der Waals surface area contributed by atoms with Crippen molar-refractivity contribution in [3.05, 3.63) is 71.1 Å². The van der Waals surface area contributed by atoms with Crippen LogP contribution in [0.15, 0.2) is 48.6 Å². The minimum absolute atomic E-state index is 0.0910. The van der Waals surface area contributed by atoms with Crippen molar-refractivity contribution in [1.29, 1.82) is 5.26 Å². The molecule has 3 aromatic rings. The standard InChI is InChI=1S/C26H27FN4O2/c1-5-33-25-14-24-22(13-18(25)12-21(32)7-6-10-31(3)4)26(19(15-28)16-29-24)30-20-8-9-23(27)17(2)11-20/h6-9,11,13-14,16H,5,10,12H2,1-4H3,(H,29,30)/b7-6+/i7D,8D,9D,11D. The van der Waals surface area contributed by atoms with Crippen LogP contribution in [0.4, 0.5) is 15.8 Å². The number of anilines is 2. The number of ether oxygens (including phenoxy) is 1. The van der Waals surface area contributed by atoms with Crippen molar-refractivity contribution >= 4 is 28.1 Å². The SMILES string of the molecule is [2H]/C(=C\CN(C)C)C(=O)Cc1cc2c(Nc3c([2H])c([2H])c(F)c(C)c3[2H])c(C#N)cnc2cc1OCC. The van der Waals surface area contributed by atoms with Gasteiger partial charge in [0.25, 0.3) is 0 Å². The Morgan fingerprint density at radius 1 is 1.42 bits per heavy atom. The number of aromatic nitrogens is 1. The first kappa shape index (κ1) is 18.8. The number of ketones is 1. The number of nitrogens with one attached hydrogen (secondary N) is 1. The van der Waals surface area contributed by atoms with Crippen molar-refractivity contribution in [3.8, 4) is 11.8 Å². The highest BCUT2D eigenvalue weighted by molar-refractivity contribution is 5.98. The Hall–Kier alpha value is -3.76. The summed E-state index contributed by atoms with van der Waals surface area (Å²) in [6.45, 7) is 3.90. The maximum absolute atomic E-state index is 14.2. The molecule has 2 aromatic carbocycles. The summed E-state index contributed by atoms with van der Waals surface area (Å²) in [5.41, 5.74) is 0.950. The van der Waals surface area contributed by atoms with Gasteiger partial charge in [-0.05, 0) is 63.8 Å². The number of rotatable bonds is 9. The second-order valence-corrected chi connectivity index (χ2v) is 7.59. The Bertz CT molecular complexity index is 1420. The van der Waals surface area contributed by atoms with Gasteiger partial charge < -0.3 is 15.0 Å². The molecule has 0 aliphatic rings. The summed E-state index contributed by atoms with van der Waals surface area (Å²) in [5.74, 6) is -0.965. The lowest BCUT2D eigenvalue weighted by Gasteiger charge is -2.15. The maximum Gasteiger partial charge on any atom is 0.159 e. The fraction of sp³-hybridized carbons (Fsp3) is 0.269. The summed E-state index contributed by atoms with van der Waals surface area (Å²) >= 11 is 0. The fourth-order valence-electron chi connectivity index (χ4n) is 3.15. The number of benzene rings is 2. The molecule has 1 heterocycles. The molecule has 33 heavy (non-hydrogen) atoms. The Morgan fingerprint density at radius 3 is 2.91 bits per heavy atom. The average molecular weight is 451 g/mol. The van der Waals surface area contributed by atoms with Crippen LogP contribution in [-0.4, -0.2) is 42.9 Å². The van der Waals surface area contributed by atoms with Crippen LogP contribution in [0.25, 0.3) is 10.9 Å². The van der Waals surface area contributed by atoms with Gasteiger partial charge in [-0.2, -0.15) is 5.26 Å². The number of hydrogen-bond acceptors (Lipinski definition) is 6. The highest BCUT2D eigenvalue weighted by atomic mass is 19.1. The quantitative estimate of drug-likeness (QED) is 0.466. The zero-order valence-corrected chi connectivity index (χ0v) is 19.0. The number of allylic oxidation sites excluding steroid dienone is 1. The van der Waals surface area contributed by atoms with Gasteiger partial charge in [-0.15, -0.1) is 0 Å². The van der Waals surface area contributed by atoms with E-state index in [1.165, 1.54) is 19.2 Å². The summed E-state index contributed by atoms with van der Waals surface area (Å²) in [6, 6.07) is 3.64. The van der Waals surface area contributed by atoms with Gasteiger partial charge in [0, 0.05) is 41.9 Å². The lowest BCUT2D eigenvalue weighted by Crippen LogP contribution is -2.11. The largest absolute Gasteiger partial charge is 0.494 e. The van der Waals surface area contributed by atoms with Crippen LogP contribution in [0.2, 0.25) is 0 Å². The van der Waals surface area contributed by atoms with E-state index in [-0.39, 0.29) is 41.0 Å². The van der Waals surface area contributed by atoms with E-state index in [1.54, 1.807) is 19.1 Å². The predicted octanol–water partition coefficient (Wildman–Crippen LogP) is 4.93. The van der Waals surface area contributed by atoms with Crippen LogP contribution in [0.5, 0.6) is 5.75 Å². The van der Waals surface area contributed by atoms with E-state index in [4.69, 9.17) is 10.2 Å². The van der Waals surface area contributed by atoms with Crippen LogP contribution in [-0.2, 0) is 11.2 Å². The van der Waals surface area contributed by atoms with E-state index in [1.807, 2.05) is 25.1 Å². The van der Waals surface area contributed by atoms with Crippen molar-refractivity contribution < 1.29 is 19.4 Å². The molecule has 6 nitrogen and oxygen atoms in total. The Balaban J connectivity index is 2.19. The maximum atomic E-state index is 14.2. The molecule has 0 aliphatic carbocycles. The van der Waals surface area contributed by atoms with E-state index in [0.717, 1.165) is 0 Å². The zero-order chi connectivity index (χ0) is 27.4. The van der Waals surface area contributed by atoms with Crippen LogP contribution in [0.1, 0.15) is 29.1 Å². The molecule has 0 aliphatic heterocycles. The number of carbonyl (C=O) groups is 1. The second-order valence-electron chi connectivity index (χ2n) is 7.59. The van der Waals surface area contributed by atoms with Crippen molar-refractivity contribution in [2.45, 2.75) is 20.3 Å². The van der Waals surface area contributed by atoms with Crippen LogP contribution in [0, 0.1) is 24.1 Å². The van der Waals surface area contributed by atoms with Gasteiger partial charge in [-0.1, -0.05) is 6.08 Å². The number of fused-ring (bicyclic) bond motifs is 1. The monoisotopic (exact) mass is 450 g/mol. The van der Waals surface area contributed by atoms with Gasteiger partial charge >= 0.3 is 0 Å². The first-order chi connectivity index (χ1) is 17.5. The molecule has 7 heteroatoms. The molecule has 0 saturated heterocycles. The molecular formula is C26H27FN4O2. The molecule has 0 amide bonds. The molecule has 1 aromatic heterocycles. The summed E-state index contributed by atoms with van der Waals surface area (Å²) in [7, 11) is 3.66. The molecule has 0 radical (unpaired) electrons. The van der Waals surface area contributed by atoms with Crippen LogP contribution >= 0.6 is 0 Å². The van der Waals surface area contributed by atoms with Gasteiger partial charge in [-0.3, -0.25) is 9.78 Å². The smallest absolute Gasteiger partial charge is 0.159 e. The van der Waals surface area contributed by atoms with Gasteiger partial charge in [-0.25, -0.2) is 4.39 Å². The number of hydrogen-bond donors (Lipinski definition) is 1. The summed E-state index contributed by atoms with van der Waals surface area (Å²) < 4.78 is 52.5. The van der Waals surface area contributed by atoms with Crippen LogP contribution < -0.4 is 10.1 Å². The molecule has 0 saturated carbocycles. The minimum atomic E-state index is -0.948. The highest BCUT2D eigenvalue weighted by Gasteiger charge is 2.16. The molecule has 3 rings (SSSR count). The van der Waals surface area contributed by atoms with Crippen LogP contribution in [0.3, 0.4) is 0 Å². The first-order valence-corrected chi connectivity index (χ1v) is 10.4. The van der Waals surface area contributed by atoms with E-state index in [2.05, 4.69) is 10.3 Å². The number of likely N-dealkylation sites (N-methyl/N-ethyl adjacent to an activating group) is 1. The number of nitrogens with zero attached hydrogens (tertiary/aromatic N) is 3. The molecule has 0 fully saturated rings. The average Bonchev–Trinajstić information content (AvgIpc) is 2.87. The molecule has 0 atom stereocenters. The Morgan fingerprint density at radius 2 is 2.21 bits per heavy atom. The van der Waals surface area contributed by atoms with Gasteiger partial charge in [0.05, 0.1) is 28.9 Å². The minimum Gasteiger partial charge on any atom is -0.494 e. The number of pyridine rings is 1. The number of halogens is 1. The predicted molar refractivity (Wildman–Crippen MR) is 128 cm³/mol. The number of carbonyl (C=O) groups excluding carboxylic acids is 1. The Labute approximate surface area is 198 Å². The highest BCUT2D eigenvalue weighted by Crippen LogP contribution is 2.34. The molecule has 170 valence electrons.